The lowest BCUT2D eigenvalue weighted by molar-refractivity contribution is -0.143. The van der Waals surface area contributed by atoms with Gasteiger partial charge in [-0.25, -0.2) is 0 Å². The Balaban J connectivity index is 1.85. The zero-order valence-electron chi connectivity index (χ0n) is 13.7. The van der Waals surface area contributed by atoms with E-state index in [1.807, 2.05) is 30.3 Å². The van der Waals surface area contributed by atoms with Gasteiger partial charge < -0.3 is 9.72 Å². The van der Waals surface area contributed by atoms with Crippen LogP contribution in [0.2, 0.25) is 0 Å². The van der Waals surface area contributed by atoms with E-state index in [4.69, 9.17) is 4.74 Å². The van der Waals surface area contributed by atoms with Crippen LogP contribution in [-0.2, 0) is 16.0 Å². The molecule has 0 spiro atoms. The van der Waals surface area contributed by atoms with E-state index < -0.39 is 6.04 Å². The normalized spacial score (nSPS) is 19.4. The number of nitroso groups, excluding NO2 is 1. The first kappa shape index (κ1) is 15.5. The van der Waals surface area contributed by atoms with E-state index >= 15 is 0 Å². The summed E-state index contributed by atoms with van der Waals surface area (Å²) >= 11 is 0. The number of aromatic nitrogens is 1. The summed E-state index contributed by atoms with van der Waals surface area (Å²) in [5.74, 6) is -0.285. The van der Waals surface area contributed by atoms with Gasteiger partial charge in [0.1, 0.15) is 11.7 Å². The Hall–Kier alpha value is -2.99. The van der Waals surface area contributed by atoms with Crippen LogP contribution in [0.25, 0.3) is 10.9 Å². The van der Waals surface area contributed by atoms with Crippen molar-refractivity contribution in [2.75, 3.05) is 7.11 Å². The molecule has 1 aliphatic rings. The third-order valence-electron chi connectivity index (χ3n) is 4.73. The summed E-state index contributed by atoms with van der Waals surface area (Å²) in [7, 11) is 1.40. The molecule has 6 nitrogen and oxygen atoms in total. The molecule has 2 N–H and O–H groups in total. The van der Waals surface area contributed by atoms with Gasteiger partial charge in [0.2, 0.25) is 0 Å². The van der Waals surface area contributed by atoms with Crippen LogP contribution in [0.1, 0.15) is 22.9 Å². The van der Waals surface area contributed by atoms with Gasteiger partial charge >= 0.3 is 5.97 Å². The molecule has 0 saturated heterocycles. The Kier molecular flexibility index (Phi) is 3.82. The molecule has 2 unspecified atom stereocenters. The molecule has 1 aliphatic heterocycles. The third kappa shape index (κ3) is 2.60. The zero-order valence-corrected chi connectivity index (χ0v) is 13.7. The zero-order chi connectivity index (χ0) is 17.4. The summed E-state index contributed by atoms with van der Waals surface area (Å²) in [6.45, 7) is 0. The SMILES string of the molecule is COC(=O)C1Cc2c([nH]c3ccccc23)C(c2ccc(N=O)cc2)N1. The van der Waals surface area contributed by atoms with Crippen molar-refractivity contribution in [1.29, 1.82) is 0 Å². The molecule has 0 aliphatic carbocycles. The van der Waals surface area contributed by atoms with Crippen LogP contribution < -0.4 is 5.32 Å². The molecule has 25 heavy (non-hydrogen) atoms. The second-order valence-electron chi connectivity index (χ2n) is 6.13. The fraction of sp³-hybridized carbons (Fsp3) is 0.211. The van der Waals surface area contributed by atoms with Crippen LogP contribution in [0.5, 0.6) is 0 Å². The van der Waals surface area contributed by atoms with Crippen LogP contribution >= 0.6 is 0 Å². The standard InChI is InChI=1S/C19H17N3O3/c1-25-19(23)16-10-14-13-4-2-3-5-15(13)20-18(14)17(21-16)11-6-8-12(22-24)9-7-11/h2-9,16-17,20-21H,10H2,1H3. The second kappa shape index (κ2) is 6.14. The first-order valence-corrected chi connectivity index (χ1v) is 8.08. The second-order valence-corrected chi connectivity index (χ2v) is 6.13. The number of carbonyl (C=O) groups excluding carboxylic acids is 1. The maximum absolute atomic E-state index is 12.2. The molecule has 3 aromatic rings. The molecule has 0 bridgehead atoms. The molecule has 4 rings (SSSR count). The van der Waals surface area contributed by atoms with Gasteiger partial charge in [-0.2, -0.15) is 0 Å². The molecule has 0 fully saturated rings. The molecular weight excluding hydrogens is 318 g/mol. The number of aromatic amines is 1. The predicted molar refractivity (Wildman–Crippen MR) is 94.7 cm³/mol. The summed E-state index contributed by atoms with van der Waals surface area (Å²) in [4.78, 5) is 26.3. The lowest BCUT2D eigenvalue weighted by Crippen LogP contribution is -2.45. The lowest BCUT2D eigenvalue weighted by Gasteiger charge is -2.30. The van der Waals surface area contributed by atoms with Gasteiger partial charge in [-0.1, -0.05) is 30.3 Å². The number of rotatable bonds is 3. The Morgan fingerprint density at radius 1 is 1.16 bits per heavy atom. The Bertz CT molecular complexity index is 946. The summed E-state index contributed by atoms with van der Waals surface area (Å²) < 4.78 is 4.95. The Morgan fingerprint density at radius 2 is 1.92 bits per heavy atom. The predicted octanol–water partition coefficient (Wildman–Crippen LogP) is 3.34. The minimum absolute atomic E-state index is 0.194. The summed E-state index contributed by atoms with van der Waals surface area (Å²) in [5, 5.41) is 7.42. The van der Waals surface area contributed by atoms with Gasteiger partial charge in [-0.15, -0.1) is 4.91 Å². The largest absolute Gasteiger partial charge is 0.468 e. The minimum atomic E-state index is -0.425. The molecule has 0 radical (unpaired) electrons. The highest BCUT2D eigenvalue weighted by Crippen LogP contribution is 2.35. The smallest absolute Gasteiger partial charge is 0.323 e. The van der Waals surface area contributed by atoms with E-state index in [0.29, 0.717) is 12.1 Å². The van der Waals surface area contributed by atoms with Crippen molar-refractivity contribution in [1.82, 2.24) is 10.3 Å². The van der Waals surface area contributed by atoms with Crippen molar-refractivity contribution in [2.45, 2.75) is 18.5 Å². The van der Waals surface area contributed by atoms with Crippen LogP contribution in [-0.4, -0.2) is 24.1 Å². The maximum atomic E-state index is 12.2. The molecule has 126 valence electrons. The number of ether oxygens (including phenoxy) is 1. The van der Waals surface area contributed by atoms with Crippen molar-refractivity contribution >= 4 is 22.6 Å². The van der Waals surface area contributed by atoms with E-state index in [9.17, 15) is 9.70 Å². The van der Waals surface area contributed by atoms with Gasteiger partial charge in [0.05, 0.1) is 13.2 Å². The van der Waals surface area contributed by atoms with E-state index in [-0.39, 0.29) is 12.0 Å². The third-order valence-corrected chi connectivity index (χ3v) is 4.73. The summed E-state index contributed by atoms with van der Waals surface area (Å²) in [6.07, 6.45) is 0.566. The molecule has 2 aromatic carbocycles. The number of nitrogens with one attached hydrogen (secondary N) is 2. The first-order chi connectivity index (χ1) is 12.2. The van der Waals surface area contributed by atoms with Crippen LogP contribution in [0.3, 0.4) is 0 Å². The van der Waals surface area contributed by atoms with E-state index in [1.165, 1.54) is 7.11 Å². The van der Waals surface area contributed by atoms with Crippen LogP contribution in [0, 0.1) is 4.91 Å². The highest BCUT2D eigenvalue weighted by atomic mass is 16.5. The fourth-order valence-electron chi connectivity index (χ4n) is 3.52. The number of hydrogen-bond acceptors (Lipinski definition) is 5. The lowest BCUT2D eigenvalue weighted by atomic mass is 9.90. The fourth-order valence-corrected chi connectivity index (χ4v) is 3.52. The van der Waals surface area contributed by atoms with E-state index in [0.717, 1.165) is 27.7 Å². The quantitative estimate of drug-likeness (QED) is 0.568. The number of nitrogens with zero attached hydrogens (tertiary/aromatic N) is 1. The van der Waals surface area contributed by atoms with Crippen molar-refractivity contribution in [3.05, 3.63) is 70.3 Å². The van der Waals surface area contributed by atoms with Gasteiger partial charge in [-0.3, -0.25) is 10.1 Å². The molecule has 1 aromatic heterocycles. The molecule has 2 atom stereocenters. The molecule has 6 heteroatoms. The summed E-state index contributed by atoms with van der Waals surface area (Å²) in [6, 6.07) is 14.5. The highest BCUT2D eigenvalue weighted by molar-refractivity contribution is 5.87. The number of hydrogen-bond donors (Lipinski definition) is 2. The number of para-hydroxylation sites is 1. The summed E-state index contributed by atoms with van der Waals surface area (Å²) in [5.41, 5.74) is 4.52. The Morgan fingerprint density at radius 3 is 2.64 bits per heavy atom. The molecular formula is C19H17N3O3. The van der Waals surface area contributed by atoms with Gasteiger partial charge in [-0.05, 0) is 34.5 Å². The molecule has 0 saturated carbocycles. The number of fused-ring (bicyclic) bond motifs is 3. The average molecular weight is 335 g/mol. The average Bonchev–Trinajstić information content (AvgIpc) is 3.05. The number of carbonyl (C=O) groups is 1. The van der Waals surface area contributed by atoms with Crippen molar-refractivity contribution < 1.29 is 9.53 Å². The van der Waals surface area contributed by atoms with Gasteiger partial charge in [0, 0.05) is 23.0 Å². The highest BCUT2D eigenvalue weighted by Gasteiger charge is 2.34. The number of esters is 1. The first-order valence-electron chi connectivity index (χ1n) is 8.08. The molecule has 2 heterocycles. The van der Waals surface area contributed by atoms with Gasteiger partial charge in [0.15, 0.2) is 0 Å². The van der Waals surface area contributed by atoms with Crippen LogP contribution in [0.4, 0.5) is 5.69 Å². The van der Waals surface area contributed by atoms with E-state index in [2.05, 4.69) is 21.5 Å². The van der Waals surface area contributed by atoms with E-state index in [1.54, 1.807) is 12.1 Å². The van der Waals surface area contributed by atoms with Crippen molar-refractivity contribution in [3.8, 4) is 0 Å². The number of methoxy groups -OCH3 is 1. The number of benzene rings is 2. The van der Waals surface area contributed by atoms with Crippen molar-refractivity contribution in [2.24, 2.45) is 5.18 Å². The monoisotopic (exact) mass is 335 g/mol. The Labute approximate surface area is 144 Å². The topological polar surface area (TPSA) is 83.6 Å². The minimum Gasteiger partial charge on any atom is -0.468 e. The maximum Gasteiger partial charge on any atom is 0.323 e. The van der Waals surface area contributed by atoms with Crippen LogP contribution in [0.15, 0.2) is 53.7 Å². The van der Waals surface area contributed by atoms with Crippen molar-refractivity contribution in [3.63, 3.8) is 0 Å². The number of H-pyrrole nitrogens is 1. The molecule has 0 amide bonds. The van der Waals surface area contributed by atoms with Gasteiger partial charge in [0.25, 0.3) is 0 Å².